The van der Waals surface area contributed by atoms with Crippen LogP contribution < -0.4 is 0 Å². The van der Waals surface area contributed by atoms with Crippen LogP contribution in [0.4, 0.5) is 0 Å². The van der Waals surface area contributed by atoms with E-state index in [0.29, 0.717) is 17.8 Å². The van der Waals surface area contributed by atoms with Gasteiger partial charge in [-0.3, -0.25) is 14.9 Å². The highest BCUT2D eigenvalue weighted by molar-refractivity contribution is 5.92. The number of carbonyl (C=O) groups excluding carboxylic acids is 1. The molecule has 2 aromatic rings. The van der Waals surface area contributed by atoms with Crippen LogP contribution in [0.2, 0.25) is 0 Å². The Kier molecular flexibility index (Phi) is 4.45. The Morgan fingerprint density at radius 1 is 1.38 bits per heavy atom. The van der Waals surface area contributed by atoms with E-state index in [1.165, 1.54) is 17.2 Å². The van der Waals surface area contributed by atoms with E-state index in [1.54, 1.807) is 31.6 Å². The Hall–Kier alpha value is -2.96. The van der Waals surface area contributed by atoms with E-state index in [9.17, 15) is 9.59 Å². The van der Waals surface area contributed by atoms with Gasteiger partial charge in [-0.15, -0.1) is 0 Å². The molecule has 0 saturated heterocycles. The number of hydrogen-bond donors (Lipinski definition) is 2. The molecule has 7 nitrogen and oxygen atoms in total. The van der Waals surface area contributed by atoms with Crippen LogP contribution in [0.15, 0.2) is 36.8 Å². The average Bonchev–Trinajstić information content (AvgIpc) is 2.97. The van der Waals surface area contributed by atoms with Crippen molar-refractivity contribution in [3.8, 4) is 0 Å². The SMILES string of the molecule is CN(Cc1cn[nH]c1)C(=O)c1ccc(C=CC(=O)O)cn1. The van der Waals surface area contributed by atoms with Gasteiger partial charge in [0.2, 0.25) is 0 Å². The molecule has 2 aromatic heterocycles. The van der Waals surface area contributed by atoms with Crippen LogP contribution in [0.25, 0.3) is 6.08 Å². The van der Waals surface area contributed by atoms with Gasteiger partial charge in [0.15, 0.2) is 0 Å². The quantitative estimate of drug-likeness (QED) is 0.804. The molecule has 0 bridgehead atoms. The van der Waals surface area contributed by atoms with Gasteiger partial charge in [-0.25, -0.2) is 4.79 Å². The lowest BCUT2D eigenvalue weighted by Crippen LogP contribution is -2.26. The first kappa shape index (κ1) is 14.4. The minimum atomic E-state index is -1.03. The maximum absolute atomic E-state index is 12.2. The lowest BCUT2D eigenvalue weighted by atomic mass is 10.2. The van der Waals surface area contributed by atoms with Crippen molar-refractivity contribution < 1.29 is 14.7 Å². The minimum absolute atomic E-state index is 0.218. The Bertz CT molecular complexity index is 647. The summed E-state index contributed by atoms with van der Waals surface area (Å²) in [5.74, 6) is -1.25. The van der Waals surface area contributed by atoms with Crippen molar-refractivity contribution in [3.63, 3.8) is 0 Å². The molecule has 7 heteroatoms. The van der Waals surface area contributed by atoms with Gasteiger partial charge in [0.25, 0.3) is 5.91 Å². The fourth-order valence-corrected chi connectivity index (χ4v) is 1.70. The Morgan fingerprint density at radius 2 is 2.19 bits per heavy atom. The van der Waals surface area contributed by atoms with Gasteiger partial charge < -0.3 is 10.0 Å². The first-order chi connectivity index (χ1) is 10.1. The Morgan fingerprint density at radius 3 is 2.76 bits per heavy atom. The average molecular weight is 286 g/mol. The lowest BCUT2D eigenvalue weighted by molar-refractivity contribution is -0.131. The standard InChI is InChI=1S/C14H14N4O3/c1-18(9-11-7-16-17-8-11)14(21)12-4-2-10(6-15-12)3-5-13(19)20/h2-8H,9H2,1H3,(H,16,17)(H,19,20). The number of nitrogens with zero attached hydrogens (tertiary/aromatic N) is 3. The number of aliphatic carboxylic acids is 1. The molecule has 0 aromatic carbocycles. The first-order valence-corrected chi connectivity index (χ1v) is 6.16. The number of hydrogen-bond acceptors (Lipinski definition) is 4. The van der Waals surface area contributed by atoms with Gasteiger partial charge in [0.05, 0.1) is 6.20 Å². The molecule has 2 N–H and O–H groups in total. The van der Waals surface area contributed by atoms with Crippen molar-refractivity contribution in [2.75, 3.05) is 7.05 Å². The summed E-state index contributed by atoms with van der Waals surface area (Å²) in [6, 6.07) is 3.21. The molecule has 0 saturated carbocycles. The third-order valence-corrected chi connectivity index (χ3v) is 2.75. The molecule has 0 aliphatic rings. The number of amides is 1. The lowest BCUT2D eigenvalue weighted by Gasteiger charge is -2.15. The summed E-state index contributed by atoms with van der Waals surface area (Å²) >= 11 is 0. The van der Waals surface area contributed by atoms with Crippen LogP contribution in [0.3, 0.4) is 0 Å². The molecule has 0 unspecified atom stereocenters. The van der Waals surface area contributed by atoms with Crippen LogP contribution in [0.1, 0.15) is 21.6 Å². The molecule has 0 radical (unpaired) electrons. The van der Waals surface area contributed by atoms with E-state index in [2.05, 4.69) is 15.2 Å². The van der Waals surface area contributed by atoms with Gasteiger partial charge in [-0.2, -0.15) is 5.10 Å². The number of carboxylic acid groups (broad SMARTS) is 1. The third-order valence-electron chi connectivity index (χ3n) is 2.75. The summed E-state index contributed by atoms with van der Waals surface area (Å²) in [6.45, 7) is 0.428. The summed E-state index contributed by atoms with van der Waals surface area (Å²) in [5, 5.41) is 15.0. The van der Waals surface area contributed by atoms with Gasteiger partial charge in [0, 0.05) is 37.6 Å². The highest BCUT2D eigenvalue weighted by Gasteiger charge is 2.13. The van der Waals surface area contributed by atoms with Crippen LogP contribution in [0.5, 0.6) is 0 Å². The molecule has 0 atom stereocenters. The Balaban J connectivity index is 2.03. The minimum Gasteiger partial charge on any atom is -0.478 e. The highest BCUT2D eigenvalue weighted by atomic mass is 16.4. The number of aromatic nitrogens is 3. The number of rotatable bonds is 5. The molecule has 2 heterocycles. The fourth-order valence-electron chi connectivity index (χ4n) is 1.70. The van der Waals surface area contributed by atoms with Crippen LogP contribution in [-0.2, 0) is 11.3 Å². The number of carboxylic acids is 1. The summed E-state index contributed by atoms with van der Waals surface area (Å²) in [7, 11) is 1.68. The van der Waals surface area contributed by atoms with Crippen molar-refractivity contribution >= 4 is 18.0 Å². The third kappa shape index (κ3) is 4.00. The summed E-state index contributed by atoms with van der Waals surface area (Å²) in [5.41, 5.74) is 1.81. The monoisotopic (exact) mass is 286 g/mol. The van der Waals surface area contributed by atoms with Crippen LogP contribution in [-0.4, -0.2) is 44.1 Å². The van der Waals surface area contributed by atoms with Gasteiger partial charge in [-0.1, -0.05) is 6.07 Å². The number of nitrogens with one attached hydrogen (secondary N) is 1. The zero-order valence-electron chi connectivity index (χ0n) is 11.4. The molecule has 0 spiro atoms. The maximum Gasteiger partial charge on any atom is 0.328 e. The predicted octanol–water partition coefficient (Wildman–Crippen LogP) is 1.17. The normalized spacial score (nSPS) is 10.7. The fraction of sp³-hybridized carbons (Fsp3) is 0.143. The van der Waals surface area contributed by atoms with Crippen LogP contribution >= 0.6 is 0 Å². The van der Waals surface area contributed by atoms with E-state index < -0.39 is 5.97 Å². The van der Waals surface area contributed by atoms with Gasteiger partial charge in [0.1, 0.15) is 5.69 Å². The highest BCUT2D eigenvalue weighted by Crippen LogP contribution is 2.07. The topological polar surface area (TPSA) is 99.2 Å². The van der Waals surface area contributed by atoms with Crippen molar-refractivity contribution in [2.45, 2.75) is 6.54 Å². The summed E-state index contributed by atoms with van der Waals surface area (Å²) in [4.78, 5) is 28.2. The second-order valence-corrected chi connectivity index (χ2v) is 4.42. The molecule has 1 amide bonds. The molecule has 0 aliphatic carbocycles. The summed E-state index contributed by atoms with van der Waals surface area (Å²) in [6.07, 6.45) is 7.26. The second kappa shape index (κ2) is 6.47. The Labute approximate surface area is 120 Å². The van der Waals surface area contributed by atoms with Gasteiger partial charge >= 0.3 is 5.97 Å². The molecule has 0 fully saturated rings. The predicted molar refractivity (Wildman–Crippen MR) is 75.3 cm³/mol. The van der Waals surface area contributed by atoms with Crippen molar-refractivity contribution in [3.05, 3.63) is 53.6 Å². The second-order valence-electron chi connectivity index (χ2n) is 4.42. The van der Waals surface area contributed by atoms with Gasteiger partial charge in [-0.05, 0) is 17.7 Å². The van der Waals surface area contributed by atoms with Crippen molar-refractivity contribution in [1.82, 2.24) is 20.1 Å². The zero-order valence-corrected chi connectivity index (χ0v) is 11.4. The number of aromatic amines is 1. The molecule has 108 valence electrons. The van der Waals surface area contributed by atoms with E-state index in [-0.39, 0.29) is 5.91 Å². The van der Waals surface area contributed by atoms with E-state index in [4.69, 9.17) is 5.11 Å². The first-order valence-electron chi connectivity index (χ1n) is 6.16. The number of H-pyrrole nitrogens is 1. The molecular formula is C14H14N4O3. The molecular weight excluding hydrogens is 272 g/mol. The summed E-state index contributed by atoms with van der Waals surface area (Å²) < 4.78 is 0. The number of carbonyl (C=O) groups is 2. The van der Waals surface area contributed by atoms with E-state index in [0.717, 1.165) is 11.6 Å². The van der Waals surface area contributed by atoms with E-state index in [1.807, 2.05) is 0 Å². The van der Waals surface area contributed by atoms with Crippen molar-refractivity contribution in [1.29, 1.82) is 0 Å². The van der Waals surface area contributed by atoms with E-state index >= 15 is 0 Å². The van der Waals surface area contributed by atoms with Crippen LogP contribution in [0, 0.1) is 0 Å². The molecule has 21 heavy (non-hydrogen) atoms. The maximum atomic E-state index is 12.2. The zero-order chi connectivity index (χ0) is 15.2. The molecule has 0 aliphatic heterocycles. The van der Waals surface area contributed by atoms with Crippen molar-refractivity contribution in [2.24, 2.45) is 0 Å². The molecule has 2 rings (SSSR count). The smallest absolute Gasteiger partial charge is 0.328 e. The number of pyridine rings is 1. The largest absolute Gasteiger partial charge is 0.478 e.